The van der Waals surface area contributed by atoms with Gasteiger partial charge in [-0.15, -0.1) is 5.11 Å². The van der Waals surface area contributed by atoms with Gasteiger partial charge in [0.2, 0.25) is 0 Å². The minimum absolute atomic E-state index is 0.148. The molecule has 3 aromatic carbocycles. The van der Waals surface area contributed by atoms with Crippen LogP contribution in [0, 0.1) is 0 Å². The molecule has 4 aromatic rings. The zero-order valence-corrected chi connectivity index (χ0v) is 18.1. The zero-order valence-electron chi connectivity index (χ0n) is 18.1. The lowest BCUT2D eigenvalue weighted by atomic mass is 10.1. The van der Waals surface area contributed by atoms with Gasteiger partial charge in [-0.1, -0.05) is 24.3 Å². The average molecular weight is 443 g/mol. The summed E-state index contributed by atoms with van der Waals surface area (Å²) in [6, 6.07) is 19.8. The lowest BCUT2D eigenvalue weighted by molar-refractivity contribution is 0.0522. The number of hydrogen-bond acceptors (Lipinski definition) is 8. The van der Waals surface area contributed by atoms with Gasteiger partial charge in [0.05, 0.1) is 19.4 Å². The van der Waals surface area contributed by atoms with Crippen LogP contribution in [-0.4, -0.2) is 19.7 Å². The minimum atomic E-state index is -0.779. The molecular weight excluding hydrogens is 422 g/mol. The monoisotopic (exact) mass is 443 g/mol. The fourth-order valence-electron chi connectivity index (χ4n) is 3.24. The number of nitrogens with two attached hydrogens (primary N) is 1. The van der Waals surface area contributed by atoms with Crippen LogP contribution < -0.4 is 16.1 Å². The van der Waals surface area contributed by atoms with Crippen LogP contribution in [0.1, 0.15) is 17.3 Å². The molecule has 4 rings (SSSR count). The highest BCUT2D eigenvalue weighted by molar-refractivity contribution is 5.94. The third kappa shape index (κ3) is 4.74. The van der Waals surface area contributed by atoms with Gasteiger partial charge >= 0.3 is 11.6 Å². The Bertz CT molecular complexity index is 1390. The second kappa shape index (κ2) is 9.35. The van der Waals surface area contributed by atoms with E-state index in [1.807, 2.05) is 48.5 Å². The Kier molecular flexibility index (Phi) is 6.17. The number of fused-ring (bicyclic) bond motifs is 1. The molecule has 0 saturated heterocycles. The average Bonchev–Trinajstić information content (AvgIpc) is 2.83. The molecular formula is C25H21N3O5. The molecule has 0 bridgehead atoms. The quantitative estimate of drug-likeness (QED) is 0.178. The second-order valence-corrected chi connectivity index (χ2v) is 7.10. The Morgan fingerprint density at radius 2 is 1.64 bits per heavy atom. The van der Waals surface area contributed by atoms with E-state index in [2.05, 4.69) is 10.2 Å². The highest BCUT2D eigenvalue weighted by Crippen LogP contribution is 2.34. The van der Waals surface area contributed by atoms with E-state index in [9.17, 15) is 9.59 Å². The van der Waals surface area contributed by atoms with E-state index in [0.29, 0.717) is 28.2 Å². The number of nitrogens with zero attached hydrogens (tertiary/aromatic N) is 2. The standard InChI is InChI=1S/C25H21N3O5/c1-3-32-24(29)20-12-17-13-21(23(31-2)14-22(17)33-25(20)30)28-27-19-10-6-16(7-11-19)15-4-8-18(26)9-5-15/h4-14H,3,26H2,1-2H3/b28-27+. The minimum Gasteiger partial charge on any atom is -0.494 e. The van der Waals surface area contributed by atoms with Crippen LogP contribution in [0.3, 0.4) is 0 Å². The smallest absolute Gasteiger partial charge is 0.351 e. The molecule has 0 aliphatic carbocycles. The van der Waals surface area contributed by atoms with Crippen molar-refractivity contribution < 1.29 is 18.7 Å². The van der Waals surface area contributed by atoms with E-state index < -0.39 is 11.6 Å². The van der Waals surface area contributed by atoms with Crippen molar-refractivity contribution in [3.8, 4) is 16.9 Å². The Hall–Kier alpha value is -4.46. The summed E-state index contributed by atoms with van der Waals surface area (Å²) in [6.45, 7) is 1.81. The van der Waals surface area contributed by atoms with E-state index >= 15 is 0 Å². The molecule has 33 heavy (non-hydrogen) atoms. The number of benzene rings is 3. The van der Waals surface area contributed by atoms with Gasteiger partial charge in [0.25, 0.3) is 0 Å². The number of carbonyl (C=O) groups is 1. The van der Waals surface area contributed by atoms with Gasteiger partial charge in [0.15, 0.2) is 0 Å². The maximum atomic E-state index is 12.1. The van der Waals surface area contributed by atoms with Gasteiger partial charge in [-0.2, -0.15) is 5.11 Å². The molecule has 1 aromatic heterocycles. The molecule has 8 heteroatoms. The first-order valence-electron chi connectivity index (χ1n) is 10.2. The first kappa shape index (κ1) is 21.8. The molecule has 166 valence electrons. The summed E-state index contributed by atoms with van der Waals surface area (Å²) in [5.74, 6) is -0.370. The number of rotatable bonds is 6. The van der Waals surface area contributed by atoms with Gasteiger partial charge in [0, 0.05) is 17.1 Å². The van der Waals surface area contributed by atoms with Gasteiger partial charge < -0.3 is 19.6 Å². The Morgan fingerprint density at radius 1 is 0.970 bits per heavy atom. The van der Waals surface area contributed by atoms with Crippen molar-refractivity contribution in [2.45, 2.75) is 6.92 Å². The first-order chi connectivity index (χ1) is 16.0. The van der Waals surface area contributed by atoms with Crippen molar-refractivity contribution in [3.05, 3.63) is 82.7 Å². The number of methoxy groups -OCH3 is 1. The Morgan fingerprint density at radius 3 is 2.27 bits per heavy atom. The molecule has 0 saturated carbocycles. The van der Waals surface area contributed by atoms with Crippen LogP contribution in [-0.2, 0) is 4.74 Å². The number of azo groups is 1. The zero-order chi connectivity index (χ0) is 23.4. The molecule has 0 radical (unpaired) electrons. The molecule has 0 atom stereocenters. The number of hydrogen-bond donors (Lipinski definition) is 1. The highest BCUT2D eigenvalue weighted by Gasteiger charge is 2.16. The van der Waals surface area contributed by atoms with Crippen LogP contribution in [0.2, 0.25) is 0 Å². The third-order valence-corrected chi connectivity index (χ3v) is 4.91. The Balaban J connectivity index is 1.65. The number of esters is 1. The van der Waals surface area contributed by atoms with Crippen LogP contribution in [0.25, 0.3) is 22.1 Å². The predicted molar refractivity (Wildman–Crippen MR) is 125 cm³/mol. The SMILES string of the molecule is CCOC(=O)c1cc2cc(/N=N/c3ccc(-c4ccc(N)cc4)cc3)c(OC)cc2oc1=O. The van der Waals surface area contributed by atoms with Crippen molar-refractivity contribution >= 4 is 34.0 Å². The normalized spacial score (nSPS) is 11.1. The third-order valence-electron chi connectivity index (χ3n) is 4.91. The van der Waals surface area contributed by atoms with E-state index in [-0.39, 0.29) is 17.8 Å². The second-order valence-electron chi connectivity index (χ2n) is 7.10. The summed E-state index contributed by atoms with van der Waals surface area (Å²) in [5.41, 5.74) is 8.88. The summed E-state index contributed by atoms with van der Waals surface area (Å²) in [4.78, 5) is 24.2. The fourth-order valence-corrected chi connectivity index (χ4v) is 3.24. The molecule has 0 aliphatic heterocycles. The van der Waals surface area contributed by atoms with Crippen LogP contribution in [0.4, 0.5) is 17.1 Å². The van der Waals surface area contributed by atoms with Gasteiger partial charge in [-0.05, 0) is 54.4 Å². The first-order valence-corrected chi connectivity index (χ1v) is 10.2. The topological polar surface area (TPSA) is 116 Å². The number of carbonyl (C=O) groups excluding carboxylic acids is 1. The highest BCUT2D eigenvalue weighted by atomic mass is 16.5. The van der Waals surface area contributed by atoms with Crippen molar-refractivity contribution in [1.29, 1.82) is 0 Å². The summed E-state index contributed by atoms with van der Waals surface area (Å²) in [5, 5.41) is 9.07. The van der Waals surface area contributed by atoms with E-state index in [1.54, 1.807) is 13.0 Å². The van der Waals surface area contributed by atoms with Gasteiger partial charge in [0.1, 0.15) is 22.6 Å². The fraction of sp³-hybridized carbons (Fsp3) is 0.120. The molecule has 0 aliphatic rings. The van der Waals surface area contributed by atoms with Crippen LogP contribution >= 0.6 is 0 Å². The van der Waals surface area contributed by atoms with Gasteiger partial charge in [-0.25, -0.2) is 9.59 Å². The van der Waals surface area contributed by atoms with Crippen molar-refractivity contribution in [2.24, 2.45) is 10.2 Å². The summed E-state index contributed by atoms with van der Waals surface area (Å²) < 4.78 is 15.5. The van der Waals surface area contributed by atoms with Gasteiger partial charge in [-0.3, -0.25) is 0 Å². The molecule has 1 heterocycles. The summed E-state index contributed by atoms with van der Waals surface area (Å²) in [7, 11) is 1.48. The van der Waals surface area contributed by atoms with Crippen LogP contribution in [0.5, 0.6) is 5.75 Å². The molecule has 8 nitrogen and oxygen atoms in total. The number of nitrogen functional groups attached to an aromatic ring is 1. The van der Waals surface area contributed by atoms with E-state index in [0.717, 1.165) is 11.1 Å². The van der Waals surface area contributed by atoms with Crippen molar-refractivity contribution in [3.63, 3.8) is 0 Å². The molecule has 0 fully saturated rings. The van der Waals surface area contributed by atoms with Crippen LogP contribution in [0.15, 0.2) is 86.2 Å². The Labute approximate surface area is 189 Å². The lowest BCUT2D eigenvalue weighted by Crippen LogP contribution is -2.16. The van der Waals surface area contributed by atoms with E-state index in [4.69, 9.17) is 19.6 Å². The molecule has 0 amide bonds. The van der Waals surface area contributed by atoms with Crippen molar-refractivity contribution in [2.75, 3.05) is 19.5 Å². The summed E-state index contributed by atoms with van der Waals surface area (Å²) >= 11 is 0. The van der Waals surface area contributed by atoms with E-state index in [1.165, 1.54) is 19.2 Å². The molecule has 2 N–H and O–H groups in total. The number of anilines is 1. The predicted octanol–water partition coefficient (Wildman–Crippen LogP) is 5.64. The summed E-state index contributed by atoms with van der Waals surface area (Å²) in [6.07, 6.45) is 0. The maximum absolute atomic E-state index is 12.1. The number of ether oxygens (including phenoxy) is 2. The molecule has 0 unspecified atom stereocenters. The molecule has 0 spiro atoms. The largest absolute Gasteiger partial charge is 0.494 e. The maximum Gasteiger partial charge on any atom is 0.351 e. The van der Waals surface area contributed by atoms with Crippen molar-refractivity contribution in [1.82, 2.24) is 0 Å². The lowest BCUT2D eigenvalue weighted by Gasteiger charge is -2.07.